The van der Waals surface area contributed by atoms with Gasteiger partial charge in [-0.25, -0.2) is 0 Å². The van der Waals surface area contributed by atoms with Crippen molar-refractivity contribution in [3.05, 3.63) is 0 Å². The van der Waals surface area contributed by atoms with Crippen molar-refractivity contribution in [2.75, 3.05) is 46.0 Å². The molecule has 0 aliphatic rings. The van der Waals surface area contributed by atoms with Gasteiger partial charge in [0.15, 0.2) is 0 Å². The van der Waals surface area contributed by atoms with Crippen molar-refractivity contribution in [2.45, 2.75) is 45.4 Å². The van der Waals surface area contributed by atoms with E-state index in [-0.39, 0.29) is 19.8 Å². The summed E-state index contributed by atoms with van der Waals surface area (Å²) < 4.78 is 1.07. The summed E-state index contributed by atoms with van der Waals surface area (Å²) in [6, 6.07) is 0. The van der Waals surface area contributed by atoms with Crippen LogP contribution in [0.4, 0.5) is 0 Å². The molecule has 0 radical (unpaired) electrons. The highest BCUT2D eigenvalue weighted by Crippen LogP contribution is 2.14. The van der Waals surface area contributed by atoms with Gasteiger partial charge in [0, 0.05) is 19.8 Å². The molecule has 0 saturated carbocycles. The van der Waals surface area contributed by atoms with E-state index in [2.05, 4.69) is 6.92 Å². The molecule has 0 amide bonds. The van der Waals surface area contributed by atoms with Crippen LogP contribution in [0.15, 0.2) is 0 Å². The maximum Gasteiger partial charge on any atom is 0.0787 e. The summed E-state index contributed by atoms with van der Waals surface area (Å²) in [6.45, 7) is 7.46. The summed E-state index contributed by atoms with van der Waals surface area (Å²) in [6.07, 6.45) is 5.80. The van der Waals surface area contributed by atoms with E-state index in [9.17, 15) is 0 Å². The average molecular weight is 262 g/mol. The monoisotopic (exact) mass is 262 g/mol. The molecule has 3 N–H and O–H groups in total. The first-order valence-electron chi connectivity index (χ1n) is 7.42. The fraction of sp³-hybridized carbons (Fsp3) is 1.00. The van der Waals surface area contributed by atoms with Crippen LogP contribution in [0.25, 0.3) is 0 Å². The molecule has 0 atom stereocenters. The summed E-state index contributed by atoms with van der Waals surface area (Å²) in [7, 11) is 0. The van der Waals surface area contributed by atoms with E-state index >= 15 is 0 Å². The van der Waals surface area contributed by atoms with Gasteiger partial charge in [0.25, 0.3) is 0 Å². The molecule has 0 unspecified atom stereocenters. The zero-order chi connectivity index (χ0) is 13.7. The molecule has 0 rings (SSSR count). The largest absolute Gasteiger partial charge is 0.396 e. The summed E-state index contributed by atoms with van der Waals surface area (Å²) in [5, 5.41) is 26.7. The van der Waals surface area contributed by atoms with Gasteiger partial charge in [-0.15, -0.1) is 0 Å². The third-order valence-corrected chi connectivity index (χ3v) is 3.79. The molecular weight excluding hydrogens is 230 g/mol. The Morgan fingerprint density at radius 2 is 0.944 bits per heavy atom. The normalized spacial score (nSPS) is 12.0. The maximum atomic E-state index is 8.89. The fourth-order valence-corrected chi connectivity index (χ4v) is 2.49. The van der Waals surface area contributed by atoms with Gasteiger partial charge in [-0.1, -0.05) is 0 Å². The van der Waals surface area contributed by atoms with Crippen LogP contribution in [0.3, 0.4) is 0 Å². The summed E-state index contributed by atoms with van der Waals surface area (Å²) in [4.78, 5) is 0. The van der Waals surface area contributed by atoms with Gasteiger partial charge >= 0.3 is 0 Å². The third-order valence-electron chi connectivity index (χ3n) is 3.79. The lowest BCUT2D eigenvalue weighted by molar-refractivity contribution is -0.927. The first kappa shape index (κ1) is 17.8. The molecule has 0 heterocycles. The van der Waals surface area contributed by atoms with Crippen LogP contribution in [-0.2, 0) is 0 Å². The molecule has 110 valence electrons. The molecule has 0 fully saturated rings. The second kappa shape index (κ2) is 11.9. The van der Waals surface area contributed by atoms with Crippen molar-refractivity contribution in [3.8, 4) is 0 Å². The SMILES string of the molecule is CC[N+](CCCCO)(CCCCO)CCCCO. The Morgan fingerprint density at radius 1 is 0.611 bits per heavy atom. The van der Waals surface area contributed by atoms with Gasteiger partial charge in [-0.2, -0.15) is 0 Å². The molecule has 0 aliphatic carbocycles. The molecule has 0 aromatic carbocycles. The summed E-state index contributed by atoms with van der Waals surface area (Å²) in [5.41, 5.74) is 0. The minimum absolute atomic E-state index is 0.275. The molecule has 0 spiro atoms. The van der Waals surface area contributed by atoms with Crippen molar-refractivity contribution in [3.63, 3.8) is 0 Å². The summed E-state index contributed by atoms with van der Waals surface area (Å²) >= 11 is 0. The Morgan fingerprint density at radius 3 is 1.17 bits per heavy atom. The van der Waals surface area contributed by atoms with Crippen molar-refractivity contribution in [2.24, 2.45) is 0 Å². The number of hydrogen-bond donors (Lipinski definition) is 3. The zero-order valence-corrected chi connectivity index (χ0v) is 12.0. The first-order chi connectivity index (χ1) is 8.74. The quantitative estimate of drug-likeness (QED) is 0.344. The third kappa shape index (κ3) is 8.03. The van der Waals surface area contributed by atoms with Crippen LogP contribution in [0, 0.1) is 0 Å². The van der Waals surface area contributed by atoms with Crippen molar-refractivity contribution in [1.29, 1.82) is 0 Å². The van der Waals surface area contributed by atoms with Gasteiger partial charge in [-0.05, 0) is 45.4 Å². The van der Waals surface area contributed by atoms with E-state index in [4.69, 9.17) is 15.3 Å². The van der Waals surface area contributed by atoms with E-state index in [1.165, 1.54) is 0 Å². The molecule has 0 bridgehead atoms. The van der Waals surface area contributed by atoms with Gasteiger partial charge < -0.3 is 19.8 Å². The number of aliphatic hydroxyl groups is 3. The Balaban J connectivity index is 4.20. The molecule has 0 aliphatic heterocycles. The average Bonchev–Trinajstić information content (AvgIpc) is 2.39. The van der Waals surface area contributed by atoms with E-state index < -0.39 is 0 Å². The number of quaternary nitrogens is 1. The van der Waals surface area contributed by atoms with Crippen molar-refractivity contribution in [1.82, 2.24) is 0 Å². The number of unbranched alkanes of at least 4 members (excludes halogenated alkanes) is 3. The van der Waals surface area contributed by atoms with Gasteiger partial charge in [0.1, 0.15) is 0 Å². The lowest BCUT2D eigenvalue weighted by Gasteiger charge is -2.38. The number of rotatable bonds is 13. The topological polar surface area (TPSA) is 60.7 Å². The highest BCUT2D eigenvalue weighted by atomic mass is 16.3. The smallest absolute Gasteiger partial charge is 0.0787 e. The fourth-order valence-electron chi connectivity index (χ4n) is 2.49. The predicted molar refractivity (Wildman–Crippen MR) is 74.4 cm³/mol. The van der Waals surface area contributed by atoms with E-state index in [1.54, 1.807) is 0 Å². The Bertz CT molecular complexity index is 150. The Labute approximate surface area is 112 Å². The van der Waals surface area contributed by atoms with Crippen LogP contribution in [0.1, 0.15) is 45.4 Å². The summed E-state index contributed by atoms with van der Waals surface area (Å²) in [5.74, 6) is 0. The minimum Gasteiger partial charge on any atom is -0.396 e. The van der Waals surface area contributed by atoms with Crippen molar-refractivity contribution >= 4 is 0 Å². The van der Waals surface area contributed by atoms with E-state index in [0.29, 0.717) is 0 Å². The lowest BCUT2D eigenvalue weighted by Crippen LogP contribution is -2.50. The maximum absolute atomic E-state index is 8.89. The first-order valence-corrected chi connectivity index (χ1v) is 7.42. The molecule has 0 aromatic heterocycles. The zero-order valence-electron chi connectivity index (χ0n) is 12.0. The second-order valence-corrected chi connectivity index (χ2v) is 5.12. The van der Waals surface area contributed by atoms with E-state index in [1.807, 2.05) is 0 Å². The number of hydrogen-bond acceptors (Lipinski definition) is 3. The molecule has 4 nitrogen and oxygen atoms in total. The highest BCUT2D eigenvalue weighted by Gasteiger charge is 2.23. The molecule has 0 saturated heterocycles. The van der Waals surface area contributed by atoms with Gasteiger partial charge in [0.2, 0.25) is 0 Å². The lowest BCUT2D eigenvalue weighted by atomic mass is 10.1. The Kier molecular flexibility index (Phi) is 11.8. The molecule has 4 heteroatoms. The van der Waals surface area contributed by atoms with E-state index in [0.717, 1.165) is 69.2 Å². The Hall–Kier alpha value is -0.160. The standard InChI is InChI=1S/C14H32NO3/c1-2-15(9-3-6-12-16,10-4-7-13-17)11-5-8-14-18/h16-18H,2-14H2,1H3/q+1. The van der Waals surface area contributed by atoms with Crippen LogP contribution < -0.4 is 0 Å². The predicted octanol–water partition coefficient (Wildman–Crippen LogP) is 1.14. The van der Waals surface area contributed by atoms with Crippen LogP contribution in [-0.4, -0.2) is 65.8 Å². The van der Waals surface area contributed by atoms with Crippen LogP contribution >= 0.6 is 0 Å². The second-order valence-electron chi connectivity index (χ2n) is 5.12. The van der Waals surface area contributed by atoms with Gasteiger partial charge in [-0.3, -0.25) is 0 Å². The minimum atomic E-state index is 0.275. The number of nitrogens with zero attached hydrogens (tertiary/aromatic N) is 1. The molecule has 0 aromatic rings. The molecule has 18 heavy (non-hydrogen) atoms. The van der Waals surface area contributed by atoms with Gasteiger partial charge in [0.05, 0.1) is 26.2 Å². The van der Waals surface area contributed by atoms with Crippen LogP contribution in [0.5, 0.6) is 0 Å². The number of aliphatic hydroxyl groups excluding tert-OH is 3. The van der Waals surface area contributed by atoms with Crippen LogP contribution in [0.2, 0.25) is 0 Å². The van der Waals surface area contributed by atoms with Crippen molar-refractivity contribution < 1.29 is 19.8 Å². The highest BCUT2D eigenvalue weighted by molar-refractivity contribution is 4.49. The molecular formula is C14H32NO3+.